The molecule has 0 fully saturated rings. The van der Waals surface area contributed by atoms with E-state index in [1.54, 1.807) is 12.1 Å². The Morgan fingerprint density at radius 2 is 0.828 bits per heavy atom. The molecule has 0 unspecified atom stereocenters. The summed E-state index contributed by atoms with van der Waals surface area (Å²) >= 11 is 0. The zero-order chi connectivity index (χ0) is 40.7. The van der Waals surface area contributed by atoms with Gasteiger partial charge in [0.25, 0.3) is 0 Å². The number of nitrogens with zero attached hydrogens (tertiary/aromatic N) is 8. The average Bonchev–Trinajstić information content (AvgIpc) is 3.70. The third kappa shape index (κ3) is 6.15. The van der Waals surface area contributed by atoms with Crippen LogP contribution in [0, 0.1) is 6.92 Å². The van der Waals surface area contributed by atoms with Crippen molar-refractivity contribution in [2.75, 3.05) is 0 Å². The van der Waals surface area contributed by atoms with Crippen LogP contribution in [0.25, 0.3) is 55.0 Å². The van der Waals surface area contributed by atoms with Crippen LogP contribution in [-0.4, -0.2) is 45.8 Å². The third-order valence-electron chi connectivity index (χ3n) is 9.67. The number of fused-ring (bicyclic) bond motifs is 7. The number of rotatable bonds is 5. The fourth-order valence-electron chi connectivity index (χ4n) is 7.41. The fraction of sp³-hybridized carbons (Fsp3) is 0.100. The van der Waals surface area contributed by atoms with E-state index in [0.717, 1.165) is 56.2 Å². The summed E-state index contributed by atoms with van der Waals surface area (Å²) in [7, 11) is 0. The summed E-state index contributed by atoms with van der Waals surface area (Å²) in [4.78, 5) is 19.8. The molecule has 0 aliphatic heterocycles. The van der Waals surface area contributed by atoms with E-state index in [1.807, 2.05) is 95.6 Å². The topological polar surface area (TPSA) is 87.2 Å². The van der Waals surface area contributed by atoms with Crippen molar-refractivity contribution >= 4 is 67.2 Å². The summed E-state index contributed by atoms with van der Waals surface area (Å²) in [5.41, 5.74) is 2.85. The lowest BCUT2D eigenvalue weighted by atomic mass is 9.43. The van der Waals surface area contributed by atoms with Crippen LogP contribution in [-0.2, 0) is 18.5 Å². The molecule has 0 saturated heterocycles. The second kappa shape index (κ2) is 13.1. The molecule has 9 aromatic rings. The standard InChI is InChI=1S/C40H22BF9N8/c1-21-51-33(38(42,43)44)54-36(52-21)41(37-55-34(39(45,46)47)53-35(56-37)40(48,49)50)22-15-17-24(18-16-22)58-28-14-8-6-12-26(28)32-30(58)20-19-29-31(32)25-11-5-7-13-27(25)57(29)23-9-3-2-4-10-23/h2-20H,1H3. The molecule has 4 aromatic heterocycles. The molecule has 9 rings (SSSR count). The van der Waals surface area contributed by atoms with Gasteiger partial charge in [-0.3, -0.25) is 0 Å². The highest BCUT2D eigenvalue weighted by atomic mass is 19.4. The molecule has 4 heterocycles. The third-order valence-corrected chi connectivity index (χ3v) is 9.67. The summed E-state index contributed by atoms with van der Waals surface area (Å²) in [6.07, 6.45) is -16.1. The van der Waals surface area contributed by atoms with Gasteiger partial charge in [-0.05, 0) is 55.5 Å². The fourth-order valence-corrected chi connectivity index (χ4v) is 7.41. The quantitative estimate of drug-likeness (QED) is 0.129. The molecule has 0 N–H and O–H groups in total. The van der Waals surface area contributed by atoms with Crippen LogP contribution in [0.5, 0.6) is 0 Å². The maximum absolute atomic E-state index is 13.9. The highest BCUT2D eigenvalue weighted by molar-refractivity contribution is 6.93. The van der Waals surface area contributed by atoms with Gasteiger partial charge in [-0.25, -0.2) is 29.9 Å². The first-order valence-corrected chi connectivity index (χ1v) is 17.4. The smallest absolute Gasteiger partial charge is 0.309 e. The van der Waals surface area contributed by atoms with E-state index in [0.29, 0.717) is 5.69 Å². The molecular formula is C40H22BF9N8. The number of para-hydroxylation sites is 3. The summed E-state index contributed by atoms with van der Waals surface area (Å²) < 4.78 is 129. The molecule has 0 bridgehead atoms. The minimum Gasteiger partial charge on any atom is -0.309 e. The maximum atomic E-state index is 13.9. The van der Waals surface area contributed by atoms with E-state index in [4.69, 9.17) is 0 Å². The van der Waals surface area contributed by atoms with Gasteiger partial charge in [0.2, 0.25) is 17.5 Å². The summed E-state index contributed by atoms with van der Waals surface area (Å²) in [5, 5.41) is 3.79. The molecule has 0 spiro atoms. The zero-order valence-corrected chi connectivity index (χ0v) is 29.5. The van der Waals surface area contributed by atoms with Gasteiger partial charge in [0.05, 0.1) is 22.1 Å². The Bertz CT molecular complexity index is 3020. The van der Waals surface area contributed by atoms with Crippen molar-refractivity contribution in [3.8, 4) is 11.4 Å². The molecule has 0 radical (unpaired) electrons. The summed E-state index contributed by atoms with van der Waals surface area (Å²) in [5.74, 6) is -6.59. The highest BCUT2D eigenvalue weighted by Crippen LogP contribution is 2.42. The predicted molar refractivity (Wildman–Crippen MR) is 199 cm³/mol. The van der Waals surface area contributed by atoms with Gasteiger partial charge < -0.3 is 9.13 Å². The minimum atomic E-state index is -5.48. The van der Waals surface area contributed by atoms with Gasteiger partial charge in [-0.1, -0.05) is 72.2 Å². The first kappa shape index (κ1) is 36.8. The molecule has 0 aliphatic carbocycles. The van der Waals surface area contributed by atoms with Crippen LogP contribution < -0.4 is 16.9 Å². The van der Waals surface area contributed by atoms with Crippen LogP contribution in [0.1, 0.15) is 23.3 Å². The predicted octanol–water partition coefficient (Wildman–Crippen LogP) is 8.13. The second-order valence-corrected chi connectivity index (χ2v) is 13.3. The largest absolute Gasteiger partial charge is 0.451 e. The second-order valence-electron chi connectivity index (χ2n) is 13.3. The number of alkyl halides is 9. The number of hydrogen-bond donors (Lipinski definition) is 0. The Kier molecular flexibility index (Phi) is 8.31. The Labute approximate surface area is 320 Å². The average molecular weight is 796 g/mol. The number of aryl methyl sites for hydroxylation is 1. The molecule has 0 saturated carbocycles. The SMILES string of the molecule is Cc1nc(B(c2ccc(-n3c4ccccc4c4c5c6ccccc6n(-c6ccccc6)c5ccc43)cc2)c2nc(C(F)(F)F)nc(C(F)(F)F)n2)nc(C(F)(F)F)n1. The van der Waals surface area contributed by atoms with Gasteiger partial charge in [-0.15, -0.1) is 0 Å². The van der Waals surface area contributed by atoms with E-state index in [-0.39, 0.29) is 5.46 Å². The first-order chi connectivity index (χ1) is 27.6. The number of halogens is 9. The Morgan fingerprint density at radius 3 is 1.31 bits per heavy atom. The molecule has 0 amide bonds. The number of hydrogen-bond acceptors (Lipinski definition) is 6. The molecule has 58 heavy (non-hydrogen) atoms. The summed E-state index contributed by atoms with van der Waals surface area (Å²) in [6, 6.07) is 35.2. The van der Waals surface area contributed by atoms with Crippen molar-refractivity contribution in [1.29, 1.82) is 0 Å². The lowest BCUT2D eigenvalue weighted by Crippen LogP contribution is -2.58. The van der Waals surface area contributed by atoms with Crippen LogP contribution in [0.4, 0.5) is 39.5 Å². The van der Waals surface area contributed by atoms with Crippen molar-refractivity contribution < 1.29 is 39.5 Å². The van der Waals surface area contributed by atoms with Gasteiger partial charge in [-0.2, -0.15) is 39.5 Å². The van der Waals surface area contributed by atoms with Gasteiger partial charge in [0.15, 0.2) is 0 Å². The molecule has 18 heteroatoms. The summed E-state index contributed by atoms with van der Waals surface area (Å²) in [6.45, 7) is -0.879. The molecular weight excluding hydrogens is 774 g/mol. The van der Waals surface area contributed by atoms with Gasteiger partial charge in [0, 0.05) is 32.9 Å². The molecule has 288 valence electrons. The van der Waals surface area contributed by atoms with Crippen LogP contribution in [0.15, 0.2) is 115 Å². The molecule has 0 aliphatic rings. The zero-order valence-electron chi connectivity index (χ0n) is 29.5. The van der Waals surface area contributed by atoms with Crippen molar-refractivity contribution in [2.24, 2.45) is 0 Å². The van der Waals surface area contributed by atoms with Crippen LogP contribution in [0.3, 0.4) is 0 Å². The maximum Gasteiger partial charge on any atom is 0.451 e. The van der Waals surface area contributed by atoms with E-state index >= 15 is 0 Å². The van der Waals surface area contributed by atoms with Crippen molar-refractivity contribution in [2.45, 2.75) is 25.5 Å². The monoisotopic (exact) mass is 796 g/mol. The van der Waals surface area contributed by atoms with Gasteiger partial charge >= 0.3 is 25.2 Å². The van der Waals surface area contributed by atoms with E-state index in [1.165, 1.54) is 12.1 Å². The highest BCUT2D eigenvalue weighted by Gasteiger charge is 2.44. The number of benzene rings is 5. The Hall–Kier alpha value is -6.85. The Morgan fingerprint density at radius 1 is 0.414 bits per heavy atom. The number of aromatic nitrogens is 8. The van der Waals surface area contributed by atoms with E-state index < -0.39 is 60.0 Å². The normalized spacial score (nSPS) is 12.7. The Balaban J connectivity index is 1.27. The van der Waals surface area contributed by atoms with Crippen molar-refractivity contribution in [1.82, 2.24) is 39.0 Å². The van der Waals surface area contributed by atoms with Gasteiger partial charge in [0.1, 0.15) is 17.3 Å². The van der Waals surface area contributed by atoms with E-state index in [2.05, 4.69) is 34.5 Å². The lowest BCUT2D eigenvalue weighted by Gasteiger charge is -2.17. The first-order valence-electron chi connectivity index (χ1n) is 17.4. The van der Waals surface area contributed by atoms with E-state index in [9.17, 15) is 39.5 Å². The molecule has 5 aromatic carbocycles. The molecule has 8 nitrogen and oxygen atoms in total. The van der Waals surface area contributed by atoms with Crippen LogP contribution in [0.2, 0.25) is 0 Å². The minimum absolute atomic E-state index is 0.107. The van der Waals surface area contributed by atoms with Crippen molar-refractivity contribution in [3.05, 3.63) is 139 Å². The molecule has 0 atom stereocenters. The van der Waals surface area contributed by atoms with Crippen molar-refractivity contribution in [3.63, 3.8) is 0 Å². The van der Waals surface area contributed by atoms with Crippen LogP contribution >= 0.6 is 0 Å². The lowest BCUT2D eigenvalue weighted by molar-refractivity contribution is -0.155.